The summed E-state index contributed by atoms with van der Waals surface area (Å²) in [5.74, 6) is 0.894. The van der Waals surface area contributed by atoms with Crippen molar-refractivity contribution in [2.75, 3.05) is 42.9 Å². The van der Waals surface area contributed by atoms with E-state index in [4.69, 9.17) is 0 Å². The van der Waals surface area contributed by atoms with Gasteiger partial charge in [-0.2, -0.15) is 0 Å². The van der Waals surface area contributed by atoms with Crippen molar-refractivity contribution in [2.45, 2.75) is 18.9 Å². The van der Waals surface area contributed by atoms with Gasteiger partial charge in [0.15, 0.2) is 0 Å². The summed E-state index contributed by atoms with van der Waals surface area (Å²) in [6, 6.07) is 25.5. The van der Waals surface area contributed by atoms with Gasteiger partial charge in [0.1, 0.15) is 5.69 Å². The Bertz CT molecular complexity index is 1040. The standard InChI is InChI=1S/C27H30N4O2/c32-31(33)26-19-24(30-17-15-29(16-18-30)20-21-11-12-21)13-14-25(26)28-27(22-7-3-1-4-8-22)23-9-5-2-6-10-23/h1-10,13-14,19,21,27-28H,11-12,15-18,20H2. The van der Waals surface area contributed by atoms with Gasteiger partial charge >= 0.3 is 0 Å². The van der Waals surface area contributed by atoms with Crippen LogP contribution >= 0.6 is 0 Å². The Labute approximate surface area is 195 Å². The molecule has 2 aliphatic rings. The number of anilines is 2. The first kappa shape index (κ1) is 21.5. The maximum atomic E-state index is 12.0. The van der Waals surface area contributed by atoms with Gasteiger partial charge in [0, 0.05) is 44.5 Å². The molecule has 1 heterocycles. The monoisotopic (exact) mass is 442 g/mol. The largest absolute Gasteiger partial charge is 0.369 e. The van der Waals surface area contributed by atoms with Crippen LogP contribution in [0, 0.1) is 16.0 Å². The fourth-order valence-corrected chi connectivity index (χ4v) is 4.65. The van der Waals surface area contributed by atoms with E-state index in [9.17, 15) is 10.1 Å². The van der Waals surface area contributed by atoms with Crippen LogP contribution in [0.3, 0.4) is 0 Å². The minimum Gasteiger partial charge on any atom is -0.369 e. The van der Waals surface area contributed by atoms with E-state index in [1.807, 2.05) is 72.8 Å². The summed E-state index contributed by atoms with van der Waals surface area (Å²) in [6.07, 6.45) is 2.74. The molecule has 0 unspecified atom stereocenters. The van der Waals surface area contributed by atoms with Crippen LogP contribution in [0.4, 0.5) is 17.1 Å². The smallest absolute Gasteiger partial charge is 0.294 e. The van der Waals surface area contributed by atoms with Crippen LogP contribution in [0.1, 0.15) is 30.0 Å². The van der Waals surface area contributed by atoms with Crippen molar-refractivity contribution in [1.82, 2.24) is 4.90 Å². The Hall–Kier alpha value is -3.38. The lowest BCUT2D eigenvalue weighted by molar-refractivity contribution is -0.383. The fraction of sp³-hybridized carbons (Fsp3) is 0.333. The van der Waals surface area contributed by atoms with Crippen molar-refractivity contribution >= 4 is 17.1 Å². The van der Waals surface area contributed by atoms with Crippen molar-refractivity contribution in [2.24, 2.45) is 5.92 Å². The zero-order chi connectivity index (χ0) is 22.6. The third kappa shape index (κ3) is 5.17. The molecule has 0 amide bonds. The molecule has 0 aromatic heterocycles. The molecule has 0 atom stereocenters. The predicted molar refractivity (Wildman–Crippen MR) is 133 cm³/mol. The molecule has 1 N–H and O–H groups in total. The number of hydrogen-bond acceptors (Lipinski definition) is 5. The SMILES string of the molecule is O=[N+]([O-])c1cc(N2CCN(CC3CC3)CC2)ccc1NC(c1ccccc1)c1ccccc1. The molecule has 6 heteroatoms. The van der Waals surface area contributed by atoms with Crippen molar-refractivity contribution in [3.05, 3.63) is 100 Å². The molecule has 0 radical (unpaired) electrons. The van der Waals surface area contributed by atoms with Gasteiger partial charge in [0.05, 0.1) is 11.0 Å². The topological polar surface area (TPSA) is 61.7 Å². The maximum absolute atomic E-state index is 12.0. The van der Waals surface area contributed by atoms with E-state index >= 15 is 0 Å². The molecule has 1 aliphatic carbocycles. The molecule has 1 saturated carbocycles. The Kier molecular flexibility index (Phi) is 6.26. The minimum absolute atomic E-state index is 0.116. The third-order valence-corrected chi connectivity index (χ3v) is 6.69. The van der Waals surface area contributed by atoms with Gasteiger partial charge in [-0.15, -0.1) is 0 Å². The molecule has 33 heavy (non-hydrogen) atoms. The highest BCUT2D eigenvalue weighted by atomic mass is 16.6. The van der Waals surface area contributed by atoms with Gasteiger partial charge in [-0.05, 0) is 42.0 Å². The first-order valence-corrected chi connectivity index (χ1v) is 11.8. The number of nitrogens with one attached hydrogen (secondary N) is 1. The number of nitro benzene ring substituents is 1. The summed E-state index contributed by atoms with van der Waals surface area (Å²) in [6.45, 7) is 5.07. The van der Waals surface area contributed by atoms with Gasteiger partial charge in [0.2, 0.25) is 0 Å². The second kappa shape index (κ2) is 9.63. The fourth-order valence-electron chi connectivity index (χ4n) is 4.65. The van der Waals surface area contributed by atoms with Gasteiger partial charge in [-0.1, -0.05) is 60.7 Å². The first-order valence-electron chi connectivity index (χ1n) is 11.8. The average Bonchev–Trinajstić information content (AvgIpc) is 3.68. The summed E-state index contributed by atoms with van der Waals surface area (Å²) < 4.78 is 0. The minimum atomic E-state index is -0.276. The average molecular weight is 443 g/mol. The molecule has 5 rings (SSSR count). The summed E-state index contributed by atoms with van der Waals surface area (Å²) in [5, 5.41) is 15.5. The molecule has 1 saturated heterocycles. The van der Waals surface area contributed by atoms with Gasteiger partial charge < -0.3 is 10.2 Å². The van der Waals surface area contributed by atoms with E-state index in [0.717, 1.165) is 48.9 Å². The number of rotatable bonds is 8. The summed E-state index contributed by atoms with van der Waals surface area (Å²) in [7, 11) is 0. The number of nitro groups is 1. The van der Waals surface area contributed by atoms with Crippen LogP contribution in [0.2, 0.25) is 0 Å². The Morgan fingerprint density at radius 1 is 0.879 bits per heavy atom. The van der Waals surface area contributed by atoms with E-state index < -0.39 is 0 Å². The van der Waals surface area contributed by atoms with Gasteiger partial charge in [-0.25, -0.2) is 0 Å². The van der Waals surface area contributed by atoms with Crippen LogP contribution < -0.4 is 10.2 Å². The normalized spacial score (nSPS) is 16.7. The van der Waals surface area contributed by atoms with E-state index in [2.05, 4.69) is 15.1 Å². The maximum Gasteiger partial charge on any atom is 0.294 e. The van der Waals surface area contributed by atoms with Crippen LogP contribution in [-0.4, -0.2) is 42.5 Å². The molecular formula is C27H30N4O2. The molecule has 0 bridgehead atoms. The van der Waals surface area contributed by atoms with Crippen molar-refractivity contribution in [1.29, 1.82) is 0 Å². The lowest BCUT2D eigenvalue weighted by atomic mass is 9.98. The molecule has 170 valence electrons. The Balaban J connectivity index is 1.37. The van der Waals surface area contributed by atoms with Crippen LogP contribution in [0.15, 0.2) is 78.9 Å². The van der Waals surface area contributed by atoms with E-state index in [0.29, 0.717) is 5.69 Å². The molecule has 2 fully saturated rings. The highest BCUT2D eigenvalue weighted by molar-refractivity contribution is 5.70. The molecule has 6 nitrogen and oxygen atoms in total. The van der Waals surface area contributed by atoms with Crippen LogP contribution in [0.5, 0.6) is 0 Å². The second-order valence-corrected chi connectivity index (χ2v) is 9.09. The third-order valence-electron chi connectivity index (χ3n) is 6.69. The van der Waals surface area contributed by atoms with E-state index in [1.54, 1.807) is 6.07 Å². The van der Waals surface area contributed by atoms with Gasteiger partial charge in [-0.3, -0.25) is 15.0 Å². The Morgan fingerprint density at radius 3 is 2.03 bits per heavy atom. The van der Waals surface area contributed by atoms with Gasteiger partial charge in [0.25, 0.3) is 5.69 Å². The summed E-state index contributed by atoms with van der Waals surface area (Å²) in [5.41, 5.74) is 3.70. The summed E-state index contributed by atoms with van der Waals surface area (Å²) >= 11 is 0. The number of nitrogens with zero attached hydrogens (tertiary/aromatic N) is 3. The van der Waals surface area contributed by atoms with Crippen molar-refractivity contribution in [3.8, 4) is 0 Å². The predicted octanol–water partition coefficient (Wildman–Crippen LogP) is 5.33. The molecular weight excluding hydrogens is 412 g/mol. The van der Waals surface area contributed by atoms with E-state index in [1.165, 1.54) is 19.4 Å². The molecule has 0 spiro atoms. The molecule has 3 aromatic rings. The zero-order valence-corrected chi connectivity index (χ0v) is 18.8. The Morgan fingerprint density at radius 2 is 1.48 bits per heavy atom. The molecule has 3 aromatic carbocycles. The summed E-state index contributed by atoms with van der Waals surface area (Å²) in [4.78, 5) is 16.6. The van der Waals surface area contributed by atoms with Crippen molar-refractivity contribution in [3.63, 3.8) is 0 Å². The lowest BCUT2D eigenvalue weighted by Crippen LogP contribution is -2.47. The van der Waals surface area contributed by atoms with E-state index in [-0.39, 0.29) is 16.7 Å². The van der Waals surface area contributed by atoms with Crippen LogP contribution in [0.25, 0.3) is 0 Å². The number of benzene rings is 3. The van der Waals surface area contributed by atoms with Crippen LogP contribution in [-0.2, 0) is 0 Å². The first-order chi connectivity index (χ1) is 16.2. The molecule has 1 aliphatic heterocycles. The number of piperazine rings is 1. The van der Waals surface area contributed by atoms with Crippen molar-refractivity contribution < 1.29 is 4.92 Å². The second-order valence-electron chi connectivity index (χ2n) is 9.09. The highest BCUT2D eigenvalue weighted by Crippen LogP contribution is 2.35. The number of hydrogen-bond donors (Lipinski definition) is 1. The highest BCUT2D eigenvalue weighted by Gasteiger charge is 2.27. The lowest BCUT2D eigenvalue weighted by Gasteiger charge is -2.36. The quantitative estimate of drug-likeness (QED) is 0.377. The zero-order valence-electron chi connectivity index (χ0n) is 18.8.